The second kappa shape index (κ2) is 7.73. The Morgan fingerprint density at radius 1 is 1.37 bits per heavy atom. The molecule has 2 aromatic heterocycles. The summed E-state index contributed by atoms with van der Waals surface area (Å²) in [5, 5.41) is 4.44. The molecule has 0 amide bonds. The molecule has 3 heterocycles. The van der Waals surface area contributed by atoms with Gasteiger partial charge >= 0.3 is 0 Å². The van der Waals surface area contributed by atoms with Crippen LogP contribution in [-0.2, 0) is 28.4 Å². The lowest BCUT2D eigenvalue weighted by molar-refractivity contribution is -0.0000459. The number of nitrogens with zero attached hydrogens (tertiary/aromatic N) is 4. The fourth-order valence-corrected chi connectivity index (χ4v) is 5.35. The first-order valence-corrected chi connectivity index (χ1v) is 10.8. The molecule has 27 heavy (non-hydrogen) atoms. The Morgan fingerprint density at radius 3 is 2.74 bits per heavy atom. The van der Waals surface area contributed by atoms with Crippen LogP contribution in [0.3, 0.4) is 0 Å². The van der Waals surface area contributed by atoms with E-state index < -0.39 is 10.0 Å². The molecule has 0 saturated carbocycles. The van der Waals surface area contributed by atoms with Crippen molar-refractivity contribution in [3.05, 3.63) is 29.6 Å². The van der Waals surface area contributed by atoms with Crippen LogP contribution < -0.4 is 4.72 Å². The first-order valence-electron chi connectivity index (χ1n) is 9.33. The number of imidazole rings is 1. The number of hydrogen-bond acceptors (Lipinski definition) is 5. The van der Waals surface area contributed by atoms with E-state index in [1.807, 2.05) is 18.5 Å². The molecule has 0 bridgehead atoms. The molecule has 1 N–H and O–H groups in total. The van der Waals surface area contributed by atoms with Gasteiger partial charge in [0.2, 0.25) is 10.0 Å². The van der Waals surface area contributed by atoms with Gasteiger partial charge in [-0.25, -0.2) is 18.1 Å². The van der Waals surface area contributed by atoms with Crippen molar-refractivity contribution in [2.24, 2.45) is 13.0 Å². The Hall–Kier alpha value is -1.71. The maximum atomic E-state index is 13.1. The van der Waals surface area contributed by atoms with E-state index in [9.17, 15) is 8.42 Å². The zero-order valence-electron chi connectivity index (χ0n) is 16.6. The molecule has 0 radical (unpaired) electrons. The summed E-state index contributed by atoms with van der Waals surface area (Å²) in [5.41, 5.74) is 2.18. The largest absolute Gasteiger partial charge is 0.372 e. The smallest absolute Gasteiger partial charge is 0.244 e. The number of hydrogen-bond donors (Lipinski definition) is 1. The Morgan fingerprint density at radius 2 is 2.11 bits per heavy atom. The minimum atomic E-state index is -3.65. The summed E-state index contributed by atoms with van der Waals surface area (Å²) in [6.07, 6.45) is 4.56. The molecule has 8 nitrogen and oxygen atoms in total. The zero-order chi connectivity index (χ0) is 19.8. The van der Waals surface area contributed by atoms with Crippen molar-refractivity contribution in [3.63, 3.8) is 0 Å². The first-order chi connectivity index (χ1) is 12.7. The standard InChI is InChI=1S/C18H29N5O3S/c1-12(2)10-23-14(4)18(13(3)20-23)27(24,25)21-15-6-7-26-17(8-15)16-9-19-11-22(16)5/h9,11-12,15,17,21H,6-8,10H2,1-5H3/t15-,17+/m0/s1. The second-order valence-corrected chi connectivity index (χ2v) is 9.36. The van der Waals surface area contributed by atoms with Gasteiger partial charge in [0.05, 0.1) is 29.6 Å². The van der Waals surface area contributed by atoms with Crippen LogP contribution in [0.2, 0.25) is 0 Å². The predicted molar refractivity (Wildman–Crippen MR) is 102 cm³/mol. The lowest BCUT2D eigenvalue weighted by atomic mass is 10.0. The molecule has 0 aliphatic carbocycles. The van der Waals surface area contributed by atoms with Crippen molar-refractivity contribution in [3.8, 4) is 0 Å². The lowest BCUT2D eigenvalue weighted by Gasteiger charge is -2.30. The molecule has 9 heteroatoms. The van der Waals surface area contributed by atoms with Gasteiger partial charge in [0.15, 0.2) is 0 Å². The molecule has 1 aliphatic heterocycles. The third-order valence-corrected chi connectivity index (χ3v) is 6.68. The quantitative estimate of drug-likeness (QED) is 0.809. The molecule has 3 rings (SSSR count). The number of aromatic nitrogens is 4. The van der Waals surface area contributed by atoms with E-state index in [1.54, 1.807) is 24.1 Å². The molecular formula is C18H29N5O3S. The molecule has 2 atom stereocenters. The van der Waals surface area contributed by atoms with Crippen LogP contribution in [0.1, 0.15) is 49.9 Å². The van der Waals surface area contributed by atoms with Gasteiger partial charge in [0.1, 0.15) is 11.0 Å². The number of ether oxygens (including phenoxy) is 1. The summed E-state index contributed by atoms with van der Waals surface area (Å²) in [5.74, 6) is 0.390. The molecule has 0 aromatic carbocycles. The van der Waals surface area contributed by atoms with Gasteiger partial charge < -0.3 is 9.30 Å². The van der Waals surface area contributed by atoms with Crippen molar-refractivity contribution in [1.29, 1.82) is 0 Å². The predicted octanol–water partition coefficient (Wildman–Crippen LogP) is 2.09. The van der Waals surface area contributed by atoms with Crippen LogP contribution >= 0.6 is 0 Å². The summed E-state index contributed by atoms with van der Waals surface area (Å²) < 4.78 is 38.6. The third-order valence-electron chi connectivity index (χ3n) is 4.91. The van der Waals surface area contributed by atoms with E-state index >= 15 is 0 Å². The highest BCUT2D eigenvalue weighted by Crippen LogP contribution is 2.29. The fourth-order valence-electron chi connectivity index (χ4n) is 3.66. The zero-order valence-corrected chi connectivity index (χ0v) is 17.5. The molecule has 1 saturated heterocycles. The Labute approximate surface area is 161 Å². The van der Waals surface area contributed by atoms with Crippen molar-refractivity contribution in [1.82, 2.24) is 24.1 Å². The molecule has 0 unspecified atom stereocenters. The lowest BCUT2D eigenvalue weighted by Crippen LogP contribution is -2.40. The van der Waals surface area contributed by atoms with Crippen molar-refractivity contribution >= 4 is 10.0 Å². The van der Waals surface area contributed by atoms with Gasteiger partial charge in [-0.05, 0) is 32.6 Å². The van der Waals surface area contributed by atoms with E-state index in [0.717, 1.165) is 5.69 Å². The highest BCUT2D eigenvalue weighted by molar-refractivity contribution is 7.89. The third kappa shape index (κ3) is 4.25. The SMILES string of the molecule is Cc1nn(CC(C)C)c(C)c1S(=O)(=O)N[C@H]1CCO[C@@H](c2cncn2C)C1. The van der Waals surface area contributed by atoms with Crippen LogP contribution in [0.15, 0.2) is 17.4 Å². The van der Waals surface area contributed by atoms with Crippen LogP contribution in [0.5, 0.6) is 0 Å². The van der Waals surface area contributed by atoms with E-state index in [4.69, 9.17) is 4.74 Å². The van der Waals surface area contributed by atoms with Crippen molar-refractivity contribution < 1.29 is 13.2 Å². The summed E-state index contributed by atoms with van der Waals surface area (Å²) in [4.78, 5) is 4.42. The maximum Gasteiger partial charge on any atom is 0.244 e. The summed E-state index contributed by atoms with van der Waals surface area (Å²) in [6, 6.07) is -0.184. The van der Waals surface area contributed by atoms with Crippen LogP contribution in [0, 0.1) is 19.8 Å². The second-order valence-electron chi connectivity index (χ2n) is 7.71. The Bertz CT molecular complexity index is 900. The van der Waals surface area contributed by atoms with Gasteiger partial charge in [0, 0.05) is 26.2 Å². The normalized spacial score (nSPS) is 21.1. The fraction of sp³-hybridized carbons (Fsp3) is 0.667. The summed E-state index contributed by atoms with van der Waals surface area (Å²) >= 11 is 0. The van der Waals surface area contributed by atoms with E-state index in [2.05, 4.69) is 28.7 Å². The molecule has 2 aromatic rings. The van der Waals surface area contributed by atoms with Gasteiger partial charge in [-0.15, -0.1) is 0 Å². The van der Waals surface area contributed by atoms with Crippen LogP contribution in [0.25, 0.3) is 0 Å². The van der Waals surface area contributed by atoms with Crippen molar-refractivity contribution in [2.75, 3.05) is 6.61 Å². The summed E-state index contributed by atoms with van der Waals surface area (Å²) in [6.45, 7) is 8.95. The molecule has 1 fully saturated rings. The van der Waals surface area contributed by atoms with Gasteiger partial charge in [-0.3, -0.25) is 4.68 Å². The topological polar surface area (TPSA) is 91.0 Å². The first kappa shape index (κ1) is 20.0. The number of rotatable bonds is 6. The highest BCUT2D eigenvalue weighted by atomic mass is 32.2. The van der Waals surface area contributed by atoms with Crippen LogP contribution in [-0.4, -0.2) is 40.4 Å². The van der Waals surface area contributed by atoms with Crippen molar-refractivity contribution in [2.45, 2.75) is 64.1 Å². The Kier molecular flexibility index (Phi) is 5.73. The average Bonchev–Trinajstić information content (AvgIpc) is 3.10. The maximum absolute atomic E-state index is 13.1. The minimum Gasteiger partial charge on any atom is -0.372 e. The molecule has 1 aliphatic rings. The van der Waals surface area contributed by atoms with Gasteiger partial charge in [-0.1, -0.05) is 13.8 Å². The van der Waals surface area contributed by atoms with E-state index in [1.165, 1.54) is 0 Å². The number of aryl methyl sites for hydroxylation is 2. The average molecular weight is 396 g/mol. The molecular weight excluding hydrogens is 366 g/mol. The van der Waals surface area contributed by atoms with Gasteiger partial charge in [0.25, 0.3) is 0 Å². The number of nitrogens with one attached hydrogen (secondary N) is 1. The van der Waals surface area contributed by atoms with Gasteiger partial charge in [-0.2, -0.15) is 5.10 Å². The molecule has 0 spiro atoms. The monoisotopic (exact) mass is 395 g/mol. The van der Waals surface area contributed by atoms with E-state index in [-0.39, 0.29) is 12.1 Å². The Balaban J connectivity index is 1.78. The minimum absolute atomic E-state index is 0.162. The highest BCUT2D eigenvalue weighted by Gasteiger charge is 2.32. The number of sulfonamides is 1. The molecule has 150 valence electrons. The van der Waals surface area contributed by atoms with E-state index in [0.29, 0.717) is 48.2 Å². The summed E-state index contributed by atoms with van der Waals surface area (Å²) in [7, 11) is -1.74. The van der Waals surface area contributed by atoms with Crippen LogP contribution in [0.4, 0.5) is 0 Å².